The lowest BCUT2D eigenvalue weighted by molar-refractivity contribution is -0.116. The zero-order valence-corrected chi connectivity index (χ0v) is 19.3. The normalized spacial score (nSPS) is 16.9. The van der Waals surface area contributed by atoms with Crippen LogP contribution in [0.2, 0.25) is 5.02 Å². The summed E-state index contributed by atoms with van der Waals surface area (Å²) in [6.45, 7) is 3.42. The van der Waals surface area contributed by atoms with Crippen LogP contribution in [0.5, 0.6) is 0 Å². The van der Waals surface area contributed by atoms with Crippen LogP contribution >= 0.6 is 35.6 Å². The first kappa shape index (κ1) is 23.4. The molecule has 1 aliphatic rings. The highest BCUT2D eigenvalue weighted by molar-refractivity contribution is 14.0. The third-order valence-corrected chi connectivity index (χ3v) is 5.00. The molecular formula is C21H26ClIN4O2. The molecular weight excluding hydrogens is 503 g/mol. The molecule has 29 heavy (non-hydrogen) atoms. The van der Waals surface area contributed by atoms with E-state index in [4.69, 9.17) is 11.6 Å². The number of aliphatic hydroxyl groups is 1. The van der Waals surface area contributed by atoms with Crippen LogP contribution < -0.4 is 16.0 Å². The molecule has 1 aliphatic heterocycles. The minimum absolute atomic E-state index is 0. The molecule has 2 atom stereocenters. The standard InChI is InChI=1S/C21H25ClN4O2.HI/c1-2-23-21(25-13-19(27)16-8-3-5-9-17(16)22)24-12-14-11-20(28)26-18-10-6-4-7-15(14)18;/h3-10,14,19,27H,2,11-13H2,1H3,(H,26,28)(H2,23,24,25);1H. The van der Waals surface area contributed by atoms with Crippen LogP contribution in [0.1, 0.15) is 36.5 Å². The van der Waals surface area contributed by atoms with Crippen molar-refractivity contribution < 1.29 is 9.90 Å². The van der Waals surface area contributed by atoms with Crippen molar-refractivity contribution in [3.8, 4) is 0 Å². The zero-order valence-electron chi connectivity index (χ0n) is 16.2. The van der Waals surface area contributed by atoms with E-state index in [1.165, 1.54) is 0 Å². The summed E-state index contributed by atoms with van der Waals surface area (Å²) in [5.41, 5.74) is 2.63. The Morgan fingerprint density at radius 1 is 1.24 bits per heavy atom. The summed E-state index contributed by atoms with van der Waals surface area (Å²) in [4.78, 5) is 16.5. The van der Waals surface area contributed by atoms with E-state index in [1.807, 2.05) is 43.3 Å². The molecule has 0 bridgehead atoms. The van der Waals surface area contributed by atoms with Crippen molar-refractivity contribution >= 4 is 53.1 Å². The van der Waals surface area contributed by atoms with Crippen molar-refractivity contribution in [1.82, 2.24) is 10.6 Å². The van der Waals surface area contributed by atoms with Gasteiger partial charge in [-0.1, -0.05) is 48.0 Å². The van der Waals surface area contributed by atoms with E-state index in [1.54, 1.807) is 12.1 Å². The highest BCUT2D eigenvalue weighted by Gasteiger charge is 2.24. The minimum atomic E-state index is -0.787. The molecule has 1 amide bonds. The van der Waals surface area contributed by atoms with Gasteiger partial charge >= 0.3 is 0 Å². The monoisotopic (exact) mass is 528 g/mol. The molecule has 156 valence electrons. The summed E-state index contributed by atoms with van der Waals surface area (Å²) in [5, 5.41) is 20.3. The summed E-state index contributed by atoms with van der Waals surface area (Å²) in [5.74, 6) is 0.668. The Labute approximate surface area is 193 Å². The number of para-hydroxylation sites is 1. The molecule has 0 saturated heterocycles. The highest BCUT2D eigenvalue weighted by Crippen LogP contribution is 2.31. The molecule has 2 aromatic rings. The maximum Gasteiger partial charge on any atom is 0.225 e. The topological polar surface area (TPSA) is 85.8 Å². The predicted octanol–water partition coefficient (Wildman–Crippen LogP) is 3.67. The SMILES string of the molecule is CCNC(=NCC(O)c1ccccc1Cl)NCC1CC(=O)Nc2ccccc21.I. The second kappa shape index (κ2) is 11.4. The van der Waals surface area contributed by atoms with E-state index in [0.29, 0.717) is 36.1 Å². The van der Waals surface area contributed by atoms with Gasteiger partial charge in [-0.05, 0) is 24.6 Å². The van der Waals surface area contributed by atoms with Crippen LogP contribution in [0.25, 0.3) is 0 Å². The van der Waals surface area contributed by atoms with Gasteiger partial charge in [-0.15, -0.1) is 24.0 Å². The van der Waals surface area contributed by atoms with Crippen molar-refractivity contribution in [3.63, 3.8) is 0 Å². The summed E-state index contributed by atoms with van der Waals surface area (Å²) >= 11 is 6.14. The van der Waals surface area contributed by atoms with Crippen molar-refractivity contribution in [2.75, 3.05) is 25.0 Å². The molecule has 0 spiro atoms. The minimum Gasteiger partial charge on any atom is -0.386 e. The zero-order chi connectivity index (χ0) is 19.9. The number of benzene rings is 2. The van der Waals surface area contributed by atoms with Gasteiger partial charge in [-0.3, -0.25) is 9.79 Å². The first-order valence-corrected chi connectivity index (χ1v) is 9.79. The molecule has 4 N–H and O–H groups in total. The Bertz CT molecular complexity index is 862. The van der Waals surface area contributed by atoms with Gasteiger partial charge in [0, 0.05) is 41.7 Å². The largest absolute Gasteiger partial charge is 0.386 e. The first-order valence-electron chi connectivity index (χ1n) is 9.42. The molecule has 8 heteroatoms. The molecule has 0 aromatic heterocycles. The van der Waals surface area contributed by atoms with Gasteiger partial charge in [0.2, 0.25) is 5.91 Å². The lowest BCUT2D eigenvalue weighted by atomic mass is 9.90. The average Bonchev–Trinajstić information content (AvgIpc) is 2.69. The van der Waals surface area contributed by atoms with E-state index in [2.05, 4.69) is 20.9 Å². The smallest absolute Gasteiger partial charge is 0.225 e. The third kappa shape index (κ3) is 6.32. The maximum absolute atomic E-state index is 12.0. The molecule has 0 aliphatic carbocycles. The fourth-order valence-electron chi connectivity index (χ4n) is 3.27. The molecule has 2 aromatic carbocycles. The summed E-state index contributed by atoms with van der Waals surface area (Å²) in [6, 6.07) is 15.0. The summed E-state index contributed by atoms with van der Waals surface area (Å²) in [7, 11) is 0. The number of anilines is 1. The maximum atomic E-state index is 12.0. The highest BCUT2D eigenvalue weighted by atomic mass is 127. The van der Waals surface area contributed by atoms with E-state index in [-0.39, 0.29) is 42.3 Å². The Morgan fingerprint density at radius 2 is 1.97 bits per heavy atom. The number of carbonyl (C=O) groups excluding carboxylic acids is 1. The van der Waals surface area contributed by atoms with Crippen molar-refractivity contribution in [2.45, 2.75) is 25.4 Å². The molecule has 2 unspecified atom stereocenters. The van der Waals surface area contributed by atoms with Crippen LogP contribution in [0.15, 0.2) is 53.5 Å². The Hall–Kier alpha value is -1.84. The quantitative estimate of drug-likeness (QED) is 0.262. The number of guanidine groups is 1. The van der Waals surface area contributed by atoms with Crippen LogP contribution in [0.3, 0.4) is 0 Å². The molecule has 6 nitrogen and oxygen atoms in total. The van der Waals surface area contributed by atoms with E-state index in [9.17, 15) is 9.90 Å². The number of carbonyl (C=O) groups is 1. The number of hydrogen-bond acceptors (Lipinski definition) is 3. The van der Waals surface area contributed by atoms with Gasteiger partial charge in [0.1, 0.15) is 6.10 Å². The van der Waals surface area contributed by atoms with Gasteiger partial charge in [-0.25, -0.2) is 0 Å². The number of nitrogens with zero attached hydrogens (tertiary/aromatic N) is 1. The van der Waals surface area contributed by atoms with E-state index in [0.717, 1.165) is 11.3 Å². The fourth-order valence-corrected chi connectivity index (χ4v) is 3.53. The number of aliphatic hydroxyl groups excluding tert-OH is 1. The average molecular weight is 529 g/mol. The van der Waals surface area contributed by atoms with Gasteiger partial charge in [0.15, 0.2) is 5.96 Å². The number of aliphatic imine (C=N–C) groups is 1. The molecule has 0 fully saturated rings. The van der Waals surface area contributed by atoms with Crippen LogP contribution in [0, 0.1) is 0 Å². The first-order chi connectivity index (χ1) is 13.6. The fraction of sp³-hybridized carbons (Fsp3) is 0.333. The Kier molecular flexibility index (Phi) is 9.19. The van der Waals surface area contributed by atoms with Gasteiger partial charge < -0.3 is 21.1 Å². The molecule has 0 saturated carbocycles. The van der Waals surface area contributed by atoms with Crippen LogP contribution in [0.4, 0.5) is 5.69 Å². The summed E-state index contributed by atoms with van der Waals surface area (Å²) in [6.07, 6.45) is -0.364. The number of halogens is 2. The Balaban J connectivity index is 0.00000300. The van der Waals surface area contributed by atoms with E-state index >= 15 is 0 Å². The predicted molar refractivity (Wildman–Crippen MR) is 128 cm³/mol. The van der Waals surface area contributed by atoms with Gasteiger partial charge in [-0.2, -0.15) is 0 Å². The van der Waals surface area contributed by atoms with Gasteiger partial charge in [0.05, 0.1) is 6.54 Å². The number of amides is 1. The number of nitrogens with one attached hydrogen (secondary N) is 3. The van der Waals surface area contributed by atoms with Crippen LogP contribution in [-0.4, -0.2) is 36.6 Å². The van der Waals surface area contributed by atoms with E-state index < -0.39 is 6.10 Å². The number of fused-ring (bicyclic) bond motifs is 1. The molecule has 1 heterocycles. The molecule has 0 radical (unpaired) electrons. The third-order valence-electron chi connectivity index (χ3n) is 4.65. The lowest BCUT2D eigenvalue weighted by Gasteiger charge is -2.26. The Morgan fingerprint density at radius 3 is 2.72 bits per heavy atom. The summed E-state index contributed by atoms with van der Waals surface area (Å²) < 4.78 is 0. The lowest BCUT2D eigenvalue weighted by Crippen LogP contribution is -2.41. The second-order valence-electron chi connectivity index (χ2n) is 6.67. The van der Waals surface area contributed by atoms with Gasteiger partial charge in [0.25, 0.3) is 0 Å². The van der Waals surface area contributed by atoms with Crippen LogP contribution in [-0.2, 0) is 4.79 Å². The van der Waals surface area contributed by atoms with Crippen molar-refractivity contribution in [2.24, 2.45) is 4.99 Å². The number of hydrogen-bond donors (Lipinski definition) is 4. The van der Waals surface area contributed by atoms with Crippen molar-refractivity contribution in [1.29, 1.82) is 0 Å². The molecule has 3 rings (SSSR count). The second-order valence-corrected chi connectivity index (χ2v) is 7.08. The number of rotatable bonds is 6. The van der Waals surface area contributed by atoms with Crippen molar-refractivity contribution in [3.05, 3.63) is 64.7 Å².